The van der Waals surface area contributed by atoms with Gasteiger partial charge in [-0.1, -0.05) is 37.3 Å². The second kappa shape index (κ2) is 8.71. The van der Waals surface area contributed by atoms with Gasteiger partial charge in [0.2, 0.25) is 0 Å². The predicted molar refractivity (Wildman–Crippen MR) is 118 cm³/mol. The molecule has 0 fully saturated rings. The summed E-state index contributed by atoms with van der Waals surface area (Å²) in [4.78, 5) is 14.7. The molecule has 1 N–H and O–H groups in total. The highest BCUT2D eigenvalue weighted by molar-refractivity contribution is 6.01. The maximum atomic E-state index is 15.0. The standard InChI is InChI=1S/C25H28FN3O/c1-5-29-23-13-22(26)19(12-21(23)17(2)14-25(29,3)4)11-20(15-27)24(30)28-16-18-9-7-6-8-10-18/h6-13,17H,5,14,16H2,1-4H3,(H,28,30)/b20-11+. The lowest BCUT2D eigenvalue weighted by Crippen LogP contribution is -2.48. The molecule has 0 saturated carbocycles. The van der Waals surface area contributed by atoms with E-state index in [-0.39, 0.29) is 22.6 Å². The molecule has 1 amide bonds. The number of amides is 1. The van der Waals surface area contributed by atoms with E-state index in [0.29, 0.717) is 6.54 Å². The molecule has 5 heteroatoms. The number of rotatable bonds is 5. The molecule has 3 rings (SSSR count). The summed E-state index contributed by atoms with van der Waals surface area (Å²) in [6.07, 6.45) is 2.30. The molecular weight excluding hydrogens is 377 g/mol. The number of anilines is 1. The molecule has 1 atom stereocenters. The zero-order valence-electron chi connectivity index (χ0n) is 18.0. The van der Waals surface area contributed by atoms with Gasteiger partial charge in [0, 0.05) is 29.9 Å². The Kier molecular flexibility index (Phi) is 6.26. The van der Waals surface area contributed by atoms with Crippen LogP contribution < -0.4 is 10.2 Å². The van der Waals surface area contributed by atoms with Crippen molar-refractivity contribution in [3.8, 4) is 6.07 Å². The van der Waals surface area contributed by atoms with Gasteiger partial charge in [-0.2, -0.15) is 5.26 Å². The van der Waals surface area contributed by atoms with Gasteiger partial charge in [0.05, 0.1) is 0 Å². The molecule has 30 heavy (non-hydrogen) atoms. The Morgan fingerprint density at radius 1 is 1.33 bits per heavy atom. The molecule has 4 nitrogen and oxygen atoms in total. The van der Waals surface area contributed by atoms with Gasteiger partial charge < -0.3 is 10.2 Å². The quantitative estimate of drug-likeness (QED) is 0.552. The van der Waals surface area contributed by atoms with Crippen molar-refractivity contribution in [3.05, 3.63) is 70.5 Å². The smallest absolute Gasteiger partial charge is 0.262 e. The minimum absolute atomic E-state index is 0.0555. The number of carbonyl (C=O) groups excluding carboxylic acids is 1. The molecular formula is C25H28FN3O. The molecule has 1 aliphatic rings. The van der Waals surface area contributed by atoms with E-state index < -0.39 is 11.7 Å². The number of nitrogens with zero attached hydrogens (tertiary/aromatic N) is 2. The van der Waals surface area contributed by atoms with Crippen LogP contribution in [0, 0.1) is 17.1 Å². The number of carbonyl (C=O) groups is 1. The van der Waals surface area contributed by atoms with Gasteiger partial charge in [0.15, 0.2) is 0 Å². The number of fused-ring (bicyclic) bond motifs is 1. The van der Waals surface area contributed by atoms with E-state index in [1.807, 2.05) is 36.4 Å². The summed E-state index contributed by atoms with van der Waals surface area (Å²) < 4.78 is 15.0. The van der Waals surface area contributed by atoms with Crippen LogP contribution >= 0.6 is 0 Å². The number of nitrogens with one attached hydrogen (secondary N) is 1. The maximum absolute atomic E-state index is 15.0. The molecule has 0 saturated heterocycles. The molecule has 2 aromatic rings. The molecule has 1 aliphatic heterocycles. The molecule has 0 aromatic heterocycles. The number of hydrogen-bond acceptors (Lipinski definition) is 3. The third kappa shape index (κ3) is 4.38. The summed E-state index contributed by atoms with van der Waals surface area (Å²) in [6, 6.07) is 14.7. The van der Waals surface area contributed by atoms with Crippen LogP contribution in [0.2, 0.25) is 0 Å². The second-order valence-corrected chi connectivity index (χ2v) is 8.43. The second-order valence-electron chi connectivity index (χ2n) is 8.43. The molecule has 2 aromatic carbocycles. The zero-order chi connectivity index (χ0) is 21.9. The molecule has 0 aliphatic carbocycles. The fourth-order valence-corrected chi connectivity index (χ4v) is 4.41. The molecule has 156 valence electrons. The Hall–Kier alpha value is -3.13. The van der Waals surface area contributed by atoms with Gasteiger partial charge in [-0.05, 0) is 62.4 Å². The lowest BCUT2D eigenvalue weighted by Gasteiger charge is -2.47. The van der Waals surface area contributed by atoms with Crippen molar-refractivity contribution in [2.45, 2.75) is 52.1 Å². The fraction of sp³-hybridized carbons (Fsp3) is 0.360. The first-order chi connectivity index (χ1) is 14.3. The van der Waals surface area contributed by atoms with Crippen molar-refractivity contribution in [3.63, 3.8) is 0 Å². The Labute approximate surface area is 178 Å². The lowest BCUT2D eigenvalue weighted by atomic mass is 9.79. The zero-order valence-corrected chi connectivity index (χ0v) is 18.0. The Morgan fingerprint density at radius 3 is 2.67 bits per heavy atom. The molecule has 0 spiro atoms. The monoisotopic (exact) mass is 405 g/mol. The van der Waals surface area contributed by atoms with E-state index in [1.54, 1.807) is 12.1 Å². The highest BCUT2D eigenvalue weighted by Crippen LogP contribution is 2.44. The summed E-state index contributed by atoms with van der Waals surface area (Å²) in [5.41, 5.74) is 2.97. The fourth-order valence-electron chi connectivity index (χ4n) is 4.41. The van der Waals surface area contributed by atoms with Gasteiger partial charge in [-0.15, -0.1) is 0 Å². The van der Waals surface area contributed by atoms with Crippen molar-refractivity contribution >= 4 is 17.7 Å². The highest BCUT2D eigenvalue weighted by atomic mass is 19.1. The topological polar surface area (TPSA) is 56.1 Å². The Bertz CT molecular complexity index is 1010. The van der Waals surface area contributed by atoms with Gasteiger partial charge in [0.1, 0.15) is 17.5 Å². The minimum atomic E-state index is -0.511. The molecule has 1 unspecified atom stereocenters. The van der Waals surface area contributed by atoms with Crippen molar-refractivity contribution in [2.24, 2.45) is 0 Å². The summed E-state index contributed by atoms with van der Waals surface area (Å²) >= 11 is 0. The van der Waals surface area contributed by atoms with E-state index >= 15 is 0 Å². The largest absolute Gasteiger partial charge is 0.366 e. The maximum Gasteiger partial charge on any atom is 0.262 e. The van der Waals surface area contributed by atoms with Crippen LogP contribution in [0.15, 0.2) is 48.0 Å². The minimum Gasteiger partial charge on any atom is -0.366 e. The predicted octanol–water partition coefficient (Wildman–Crippen LogP) is 5.16. The lowest BCUT2D eigenvalue weighted by molar-refractivity contribution is -0.117. The third-order valence-corrected chi connectivity index (χ3v) is 5.78. The molecule has 0 radical (unpaired) electrons. The van der Waals surface area contributed by atoms with Crippen LogP contribution in [0.25, 0.3) is 6.08 Å². The average Bonchev–Trinajstić information content (AvgIpc) is 2.71. The van der Waals surface area contributed by atoms with Crippen LogP contribution in [0.5, 0.6) is 0 Å². The van der Waals surface area contributed by atoms with Crippen LogP contribution in [0.3, 0.4) is 0 Å². The van der Waals surface area contributed by atoms with Crippen LogP contribution in [0.1, 0.15) is 56.7 Å². The normalized spacial score (nSPS) is 17.8. The molecule has 1 heterocycles. The first-order valence-corrected chi connectivity index (χ1v) is 10.3. The van der Waals surface area contributed by atoms with Crippen LogP contribution in [0.4, 0.5) is 10.1 Å². The first kappa shape index (κ1) is 21.6. The summed E-state index contributed by atoms with van der Waals surface area (Å²) in [5, 5.41) is 12.2. The number of nitriles is 1. The van der Waals surface area contributed by atoms with Crippen molar-refractivity contribution in [2.75, 3.05) is 11.4 Å². The number of benzene rings is 2. The first-order valence-electron chi connectivity index (χ1n) is 10.3. The van der Waals surface area contributed by atoms with Crippen molar-refractivity contribution in [1.29, 1.82) is 5.26 Å². The average molecular weight is 406 g/mol. The Morgan fingerprint density at radius 2 is 2.03 bits per heavy atom. The van der Waals surface area contributed by atoms with Gasteiger partial charge >= 0.3 is 0 Å². The van der Waals surface area contributed by atoms with Crippen LogP contribution in [-0.2, 0) is 11.3 Å². The van der Waals surface area contributed by atoms with Crippen molar-refractivity contribution < 1.29 is 9.18 Å². The Balaban J connectivity index is 1.89. The highest BCUT2D eigenvalue weighted by Gasteiger charge is 2.36. The van der Waals surface area contributed by atoms with Crippen LogP contribution in [-0.4, -0.2) is 18.0 Å². The van der Waals surface area contributed by atoms with Gasteiger partial charge in [0.25, 0.3) is 5.91 Å². The van der Waals surface area contributed by atoms with E-state index in [1.165, 1.54) is 6.08 Å². The molecule has 0 bridgehead atoms. The summed E-state index contributed by atoms with van der Waals surface area (Å²) in [7, 11) is 0. The van der Waals surface area contributed by atoms with Crippen molar-refractivity contribution in [1.82, 2.24) is 5.32 Å². The van der Waals surface area contributed by atoms with E-state index in [2.05, 4.69) is 37.9 Å². The summed E-state index contributed by atoms with van der Waals surface area (Å²) in [6.45, 7) is 9.64. The van der Waals surface area contributed by atoms with E-state index in [0.717, 1.165) is 29.8 Å². The summed E-state index contributed by atoms with van der Waals surface area (Å²) in [5.74, 6) is -0.688. The van der Waals surface area contributed by atoms with Gasteiger partial charge in [-0.3, -0.25) is 4.79 Å². The number of hydrogen-bond donors (Lipinski definition) is 1. The van der Waals surface area contributed by atoms with E-state index in [4.69, 9.17) is 0 Å². The van der Waals surface area contributed by atoms with Gasteiger partial charge in [-0.25, -0.2) is 4.39 Å². The van der Waals surface area contributed by atoms with E-state index in [9.17, 15) is 14.4 Å². The third-order valence-electron chi connectivity index (χ3n) is 5.78. The number of halogens is 1. The SMILES string of the molecule is CCN1c2cc(F)c(/C=C(\C#N)C(=O)NCc3ccccc3)cc2C(C)CC1(C)C.